The summed E-state index contributed by atoms with van der Waals surface area (Å²) >= 11 is 0. The topological polar surface area (TPSA) is 90.9 Å². The van der Waals surface area contributed by atoms with Crippen LogP contribution in [0.3, 0.4) is 0 Å². The van der Waals surface area contributed by atoms with Gasteiger partial charge in [0.05, 0.1) is 17.7 Å². The Morgan fingerprint density at radius 3 is 2.60 bits per heavy atom. The highest BCUT2D eigenvalue weighted by molar-refractivity contribution is 5.88. The summed E-state index contributed by atoms with van der Waals surface area (Å²) < 4.78 is 1.73. The van der Waals surface area contributed by atoms with Crippen LogP contribution in [0.25, 0.3) is 11.0 Å². The third-order valence-corrected chi connectivity index (χ3v) is 5.46. The Morgan fingerprint density at radius 2 is 1.92 bits per heavy atom. The van der Waals surface area contributed by atoms with Crippen molar-refractivity contribution in [3.63, 3.8) is 0 Å². The van der Waals surface area contributed by atoms with Gasteiger partial charge in [0.15, 0.2) is 5.65 Å². The first-order chi connectivity index (χ1) is 12.1. The number of amides is 1. The van der Waals surface area contributed by atoms with E-state index in [1.54, 1.807) is 17.2 Å². The number of nitriles is 1. The number of rotatable bonds is 2. The number of carbonyl (C=O) groups is 1. The molecule has 0 unspecified atom stereocenters. The van der Waals surface area contributed by atoms with E-state index in [4.69, 9.17) is 0 Å². The van der Waals surface area contributed by atoms with Crippen LogP contribution in [-0.4, -0.2) is 56.7 Å². The van der Waals surface area contributed by atoms with Crippen LogP contribution >= 0.6 is 0 Å². The van der Waals surface area contributed by atoms with Crippen molar-refractivity contribution in [3.8, 4) is 6.07 Å². The van der Waals surface area contributed by atoms with Gasteiger partial charge in [-0.15, -0.1) is 0 Å². The average molecular weight is 339 g/mol. The van der Waals surface area contributed by atoms with Crippen molar-refractivity contribution in [1.82, 2.24) is 24.6 Å². The lowest BCUT2D eigenvalue weighted by Gasteiger charge is -2.38. The van der Waals surface area contributed by atoms with Crippen LogP contribution in [0.1, 0.15) is 25.7 Å². The number of nitrogens with zero attached hydrogens (tertiary/aromatic N) is 7. The number of carbonyl (C=O) groups excluding carboxylic acids is 1. The van der Waals surface area contributed by atoms with Crippen molar-refractivity contribution in [2.45, 2.75) is 25.7 Å². The van der Waals surface area contributed by atoms with Gasteiger partial charge in [-0.1, -0.05) is 12.8 Å². The normalized spacial score (nSPS) is 20.0. The highest BCUT2D eigenvalue weighted by Gasteiger charge is 2.44. The van der Waals surface area contributed by atoms with Crippen LogP contribution < -0.4 is 4.90 Å². The molecule has 0 radical (unpaired) electrons. The minimum absolute atomic E-state index is 0.0152. The summed E-state index contributed by atoms with van der Waals surface area (Å²) in [5, 5.41) is 14.7. The highest BCUT2D eigenvalue weighted by Crippen LogP contribution is 2.39. The van der Waals surface area contributed by atoms with E-state index in [9.17, 15) is 10.1 Å². The second-order valence-corrected chi connectivity index (χ2v) is 6.88. The Balaban J connectivity index is 1.50. The van der Waals surface area contributed by atoms with Crippen molar-refractivity contribution in [2.24, 2.45) is 12.5 Å². The molecule has 0 N–H and O–H groups in total. The fraction of sp³-hybridized carbons (Fsp3) is 0.588. The zero-order valence-corrected chi connectivity index (χ0v) is 14.4. The molecule has 2 aromatic heterocycles. The Kier molecular flexibility index (Phi) is 3.79. The predicted octanol–water partition coefficient (Wildman–Crippen LogP) is 1.10. The zero-order valence-electron chi connectivity index (χ0n) is 14.4. The number of hydrogen-bond acceptors (Lipinski definition) is 6. The molecule has 1 aliphatic carbocycles. The number of fused-ring (bicyclic) bond motifs is 1. The van der Waals surface area contributed by atoms with Gasteiger partial charge in [-0.3, -0.25) is 9.48 Å². The fourth-order valence-corrected chi connectivity index (χ4v) is 3.98. The number of hydrogen-bond donors (Lipinski definition) is 0. The van der Waals surface area contributed by atoms with Crippen LogP contribution in [0.15, 0.2) is 12.5 Å². The summed E-state index contributed by atoms with van der Waals surface area (Å²) in [7, 11) is 1.86. The minimum atomic E-state index is -0.784. The Hall–Kier alpha value is -2.69. The third-order valence-electron chi connectivity index (χ3n) is 5.46. The largest absolute Gasteiger partial charge is 0.352 e. The molecule has 2 fully saturated rings. The first kappa shape index (κ1) is 15.8. The second kappa shape index (κ2) is 5.99. The number of piperazine rings is 1. The zero-order chi connectivity index (χ0) is 17.4. The molecule has 1 aliphatic heterocycles. The molecule has 1 saturated heterocycles. The molecule has 1 saturated carbocycles. The number of aryl methyl sites for hydroxylation is 1. The van der Waals surface area contributed by atoms with E-state index in [1.807, 2.05) is 11.9 Å². The quantitative estimate of drug-likeness (QED) is 0.813. The predicted molar refractivity (Wildman–Crippen MR) is 91.6 cm³/mol. The Bertz CT molecular complexity index is 838. The minimum Gasteiger partial charge on any atom is -0.352 e. The monoisotopic (exact) mass is 339 g/mol. The second-order valence-electron chi connectivity index (χ2n) is 6.88. The van der Waals surface area contributed by atoms with Gasteiger partial charge >= 0.3 is 0 Å². The highest BCUT2D eigenvalue weighted by atomic mass is 16.2. The molecule has 0 spiro atoms. The molecule has 2 aromatic rings. The van der Waals surface area contributed by atoms with Gasteiger partial charge in [0.1, 0.15) is 17.6 Å². The molecule has 8 heteroatoms. The molecule has 2 aliphatic rings. The summed E-state index contributed by atoms with van der Waals surface area (Å²) in [5.41, 5.74) is 0.0196. The molecule has 0 atom stereocenters. The molecular weight excluding hydrogens is 318 g/mol. The SMILES string of the molecule is Cn1ncc2c(N3CCN(C(=O)C4(C#N)CCCC4)CC3)ncnc21. The molecule has 4 rings (SSSR count). The van der Waals surface area contributed by atoms with Crippen LogP contribution in [0.4, 0.5) is 5.82 Å². The van der Waals surface area contributed by atoms with Crippen molar-refractivity contribution >= 4 is 22.8 Å². The van der Waals surface area contributed by atoms with Gasteiger partial charge in [-0.2, -0.15) is 10.4 Å². The van der Waals surface area contributed by atoms with Gasteiger partial charge in [0.2, 0.25) is 5.91 Å². The van der Waals surface area contributed by atoms with Gasteiger partial charge in [-0.25, -0.2) is 9.97 Å². The third kappa shape index (κ3) is 2.51. The van der Waals surface area contributed by atoms with E-state index >= 15 is 0 Å². The maximum absolute atomic E-state index is 12.9. The standard InChI is InChI=1S/C17H21N7O/c1-22-14-13(10-21-22)15(20-12-19-14)23-6-8-24(9-7-23)16(25)17(11-18)4-2-3-5-17/h10,12H,2-9H2,1H3. The first-order valence-corrected chi connectivity index (χ1v) is 8.73. The summed E-state index contributed by atoms with van der Waals surface area (Å²) in [5.74, 6) is 0.877. The van der Waals surface area contributed by atoms with Crippen molar-refractivity contribution in [3.05, 3.63) is 12.5 Å². The molecular formula is C17H21N7O. The Morgan fingerprint density at radius 1 is 1.20 bits per heavy atom. The van der Waals surface area contributed by atoms with Crippen LogP contribution in [0.2, 0.25) is 0 Å². The van der Waals surface area contributed by atoms with Gasteiger partial charge in [0, 0.05) is 33.2 Å². The van der Waals surface area contributed by atoms with Crippen LogP contribution in [0, 0.1) is 16.7 Å². The van der Waals surface area contributed by atoms with Crippen LogP contribution in [0.5, 0.6) is 0 Å². The van der Waals surface area contributed by atoms with Crippen molar-refractivity contribution < 1.29 is 4.79 Å². The molecule has 0 bridgehead atoms. The van der Waals surface area contributed by atoms with Crippen molar-refractivity contribution in [1.29, 1.82) is 5.26 Å². The fourth-order valence-electron chi connectivity index (χ4n) is 3.98. The van der Waals surface area contributed by atoms with Gasteiger partial charge in [-0.05, 0) is 12.8 Å². The van der Waals surface area contributed by atoms with E-state index < -0.39 is 5.41 Å². The molecule has 130 valence electrons. The molecule has 1 amide bonds. The molecule has 0 aromatic carbocycles. The van der Waals surface area contributed by atoms with Gasteiger partial charge in [0.25, 0.3) is 0 Å². The summed E-state index contributed by atoms with van der Waals surface area (Å²) in [6, 6.07) is 2.31. The maximum atomic E-state index is 12.9. The number of anilines is 1. The average Bonchev–Trinajstić information content (AvgIpc) is 3.29. The van der Waals surface area contributed by atoms with Crippen LogP contribution in [-0.2, 0) is 11.8 Å². The number of aromatic nitrogens is 4. The van der Waals surface area contributed by atoms with Crippen molar-refractivity contribution in [2.75, 3.05) is 31.1 Å². The Labute approximate surface area is 146 Å². The molecule has 3 heterocycles. The van der Waals surface area contributed by atoms with E-state index in [-0.39, 0.29) is 5.91 Å². The summed E-state index contributed by atoms with van der Waals surface area (Å²) in [6.07, 6.45) is 6.68. The van der Waals surface area contributed by atoms with E-state index in [1.165, 1.54) is 0 Å². The lowest BCUT2D eigenvalue weighted by molar-refractivity contribution is -0.139. The van der Waals surface area contributed by atoms with Gasteiger partial charge < -0.3 is 9.80 Å². The summed E-state index contributed by atoms with van der Waals surface area (Å²) in [4.78, 5) is 25.6. The summed E-state index contributed by atoms with van der Waals surface area (Å²) in [6.45, 7) is 2.64. The van der Waals surface area contributed by atoms with E-state index in [0.717, 1.165) is 29.7 Å². The first-order valence-electron chi connectivity index (χ1n) is 8.73. The van der Waals surface area contributed by atoms with E-state index in [0.29, 0.717) is 39.0 Å². The lowest BCUT2D eigenvalue weighted by Crippen LogP contribution is -2.52. The lowest BCUT2D eigenvalue weighted by atomic mass is 9.86. The smallest absolute Gasteiger partial charge is 0.243 e. The maximum Gasteiger partial charge on any atom is 0.243 e. The molecule has 25 heavy (non-hydrogen) atoms. The van der Waals surface area contributed by atoms with E-state index in [2.05, 4.69) is 26.0 Å². The molecule has 8 nitrogen and oxygen atoms in total.